The molecule has 2 heterocycles. The molecule has 4 rings (SSSR count). The van der Waals surface area contributed by atoms with Crippen molar-refractivity contribution >= 4 is 25.2 Å². The lowest BCUT2D eigenvalue weighted by molar-refractivity contribution is -0.0935. The van der Waals surface area contributed by atoms with E-state index in [9.17, 15) is 0 Å². The van der Waals surface area contributed by atoms with E-state index in [-0.39, 0.29) is 14.2 Å². The Morgan fingerprint density at radius 3 is 1.50 bits per heavy atom. The average Bonchev–Trinajstić information content (AvgIpc) is 3.19. The molecule has 4 nitrogen and oxygen atoms in total. The van der Waals surface area contributed by atoms with Crippen molar-refractivity contribution in [3.05, 3.63) is 59.7 Å². The number of hydrogen-bond acceptors (Lipinski definition) is 4. The van der Waals surface area contributed by atoms with Gasteiger partial charge in [-0.3, -0.25) is 0 Å². The summed E-state index contributed by atoms with van der Waals surface area (Å²) in [6.45, 7) is 9.32. The van der Waals surface area contributed by atoms with Gasteiger partial charge in [0.25, 0.3) is 0 Å². The summed E-state index contributed by atoms with van der Waals surface area (Å²) in [4.78, 5) is 0. The van der Waals surface area contributed by atoms with E-state index >= 15 is 0 Å². The van der Waals surface area contributed by atoms with Gasteiger partial charge in [-0.1, -0.05) is 48.5 Å². The molecule has 26 heavy (non-hydrogen) atoms. The average molecular weight is 350 g/mol. The molecule has 0 atom stereocenters. The quantitative estimate of drug-likeness (QED) is 0.777. The second kappa shape index (κ2) is 6.54. The molecule has 0 N–H and O–H groups in total. The lowest BCUT2D eigenvalue weighted by atomic mass is 9.74. The largest absolute Gasteiger partial charge is 0.494 e. The van der Waals surface area contributed by atoms with Crippen molar-refractivity contribution in [1.82, 2.24) is 0 Å². The molecule has 0 aromatic heterocycles. The Labute approximate surface area is 156 Å². The van der Waals surface area contributed by atoms with Crippen LogP contribution in [-0.4, -0.2) is 25.4 Å². The van der Waals surface area contributed by atoms with E-state index in [1.54, 1.807) is 0 Å². The van der Waals surface area contributed by atoms with Crippen LogP contribution in [-0.2, 0) is 31.8 Å². The number of rotatable bonds is 5. The van der Waals surface area contributed by atoms with Crippen molar-refractivity contribution < 1.29 is 18.6 Å². The number of benzene rings is 2. The van der Waals surface area contributed by atoms with E-state index in [0.29, 0.717) is 13.2 Å². The van der Waals surface area contributed by atoms with Gasteiger partial charge in [-0.15, -0.1) is 0 Å². The summed E-state index contributed by atoms with van der Waals surface area (Å²) in [5.41, 5.74) is 3.38. The molecule has 0 fully saturated rings. The summed E-state index contributed by atoms with van der Waals surface area (Å²) in [5.74, 6) is 0. The van der Waals surface area contributed by atoms with Gasteiger partial charge in [0.1, 0.15) is 0 Å². The van der Waals surface area contributed by atoms with Crippen LogP contribution in [0.1, 0.15) is 38.8 Å². The topological polar surface area (TPSA) is 36.9 Å². The summed E-state index contributed by atoms with van der Waals surface area (Å²) < 4.78 is 24.5. The molecule has 134 valence electrons. The second-order valence-corrected chi connectivity index (χ2v) is 7.94. The summed E-state index contributed by atoms with van der Waals surface area (Å²) >= 11 is 0. The van der Waals surface area contributed by atoms with E-state index in [0.717, 1.165) is 10.9 Å². The lowest BCUT2D eigenvalue weighted by Gasteiger charge is -2.43. The van der Waals surface area contributed by atoms with Crippen LogP contribution in [0.5, 0.6) is 0 Å². The molecule has 0 unspecified atom stereocenters. The SMILES string of the molecule is CC(C)(OB1OCc2ccccc21)C(C)(C)OB1OCc2ccccc21. The highest BCUT2D eigenvalue weighted by Crippen LogP contribution is 2.32. The smallest absolute Gasteiger partial charge is 0.403 e. The van der Waals surface area contributed by atoms with Crippen LogP contribution in [0.4, 0.5) is 0 Å². The van der Waals surface area contributed by atoms with Crippen LogP contribution in [0.2, 0.25) is 0 Å². The maximum Gasteiger partial charge on any atom is 0.494 e. The molecular weight excluding hydrogens is 326 g/mol. The zero-order valence-electron chi connectivity index (χ0n) is 15.8. The summed E-state index contributed by atoms with van der Waals surface area (Å²) in [6.07, 6.45) is 0. The minimum atomic E-state index is -0.587. The molecule has 0 amide bonds. The maximum absolute atomic E-state index is 6.39. The zero-order chi connectivity index (χ0) is 18.4. The zero-order valence-corrected chi connectivity index (χ0v) is 15.8. The Bertz CT molecular complexity index is 738. The molecule has 0 saturated carbocycles. The Kier molecular flexibility index (Phi) is 4.48. The van der Waals surface area contributed by atoms with E-state index < -0.39 is 11.2 Å². The summed E-state index contributed by atoms with van der Waals surface area (Å²) in [6, 6.07) is 16.4. The van der Waals surface area contributed by atoms with Gasteiger partial charge in [-0.25, -0.2) is 0 Å². The first-order valence-corrected chi connectivity index (χ1v) is 9.12. The minimum Gasteiger partial charge on any atom is -0.403 e. The Hall–Kier alpha value is -1.59. The van der Waals surface area contributed by atoms with E-state index in [1.165, 1.54) is 11.1 Å². The number of fused-ring (bicyclic) bond motifs is 2. The first-order chi connectivity index (χ1) is 12.4. The normalized spacial score (nSPS) is 16.8. The lowest BCUT2D eigenvalue weighted by Crippen LogP contribution is -2.57. The summed E-state index contributed by atoms with van der Waals surface area (Å²) in [5, 5.41) is 0. The fraction of sp³-hybridized carbons (Fsp3) is 0.400. The van der Waals surface area contributed by atoms with Gasteiger partial charge in [0.2, 0.25) is 0 Å². The van der Waals surface area contributed by atoms with Crippen molar-refractivity contribution in [1.29, 1.82) is 0 Å². The predicted molar refractivity (Wildman–Crippen MR) is 104 cm³/mol. The Morgan fingerprint density at radius 1 is 0.692 bits per heavy atom. The van der Waals surface area contributed by atoms with Gasteiger partial charge < -0.3 is 18.6 Å². The van der Waals surface area contributed by atoms with Gasteiger partial charge in [0.15, 0.2) is 0 Å². The molecular formula is C20H24B2O4. The third kappa shape index (κ3) is 3.12. The van der Waals surface area contributed by atoms with Crippen LogP contribution in [0, 0.1) is 0 Å². The molecule has 0 aliphatic carbocycles. The monoisotopic (exact) mass is 350 g/mol. The van der Waals surface area contributed by atoms with Gasteiger partial charge in [-0.2, -0.15) is 0 Å². The molecule has 2 aromatic rings. The van der Waals surface area contributed by atoms with E-state index in [1.807, 2.05) is 52.0 Å². The van der Waals surface area contributed by atoms with Crippen molar-refractivity contribution in [2.75, 3.05) is 0 Å². The highest BCUT2D eigenvalue weighted by molar-refractivity contribution is 6.63. The first-order valence-electron chi connectivity index (χ1n) is 9.12. The third-order valence-electron chi connectivity index (χ3n) is 5.65. The van der Waals surface area contributed by atoms with Crippen LogP contribution in [0.15, 0.2) is 48.5 Å². The highest BCUT2D eigenvalue weighted by atomic mass is 16.6. The Morgan fingerprint density at radius 2 is 1.08 bits per heavy atom. The van der Waals surface area contributed by atoms with Crippen molar-refractivity contribution in [3.8, 4) is 0 Å². The van der Waals surface area contributed by atoms with Gasteiger partial charge in [-0.05, 0) is 49.7 Å². The molecule has 2 aromatic carbocycles. The van der Waals surface area contributed by atoms with Crippen LogP contribution in [0.3, 0.4) is 0 Å². The van der Waals surface area contributed by atoms with Gasteiger partial charge in [0.05, 0.1) is 24.4 Å². The maximum atomic E-state index is 6.39. The summed E-state index contributed by atoms with van der Waals surface area (Å²) in [7, 11) is -0.748. The van der Waals surface area contributed by atoms with E-state index in [2.05, 4.69) is 24.3 Å². The molecule has 0 saturated heterocycles. The van der Waals surface area contributed by atoms with Gasteiger partial charge >= 0.3 is 14.2 Å². The standard InChI is InChI=1S/C20H24B2O4/c1-19(2,25-21-17-11-7-5-9-15(17)13-23-21)20(3,4)26-22-18-12-8-6-10-16(18)14-24-22/h5-12H,13-14H2,1-4H3. The molecule has 0 spiro atoms. The van der Waals surface area contributed by atoms with Crippen LogP contribution < -0.4 is 10.9 Å². The fourth-order valence-corrected chi connectivity index (χ4v) is 3.32. The number of hydrogen-bond donors (Lipinski definition) is 0. The molecule has 6 heteroatoms. The Balaban J connectivity index is 1.50. The molecule has 2 aliphatic rings. The molecule has 0 bridgehead atoms. The second-order valence-electron chi connectivity index (χ2n) is 7.94. The van der Waals surface area contributed by atoms with Crippen molar-refractivity contribution in [2.24, 2.45) is 0 Å². The predicted octanol–water partition coefficient (Wildman–Crippen LogP) is 2.43. The van der Waals surface area contributed by atoms with Crippen molar-refractivity contribution in [2.45, 2.75) is 52.1 Å². The first kappa shape index (κ1) is 17.8. The van der Waals surface area contributed by atoms with Crippen LogP contribution >= 0.6 is 0 Å². The fourth-order valence-electron chi connectivity index (χ4n) is 3.32. The van der Waals surface area contributed by atoms with Gasteiger partial charge in [0, 0.05) is 0 Å². The third-order valence-corrected chi connectivity index (χ3v) is 5.65. The highest BCUT2D eigenvalue weighted by Gasteiger charge is 2.47. The molecule has 2 aliphatic heterocycles. The minimum absolute atomic E-state index is 0.374. The molecule has 0 radical (unpaired) electrons. The van der Waals surface area contributed by atoms with Crippen molar-refractivity contribution in [3.63, 3.8) is 0 Å². The van der Waals surface area contributed by atoms with E-state index in [4.69, 9.17) is 18.6 Å². The van der Waals surface area contributed by atoms with Crippen LogP contribution in [0.25, 0.3) is 0 Å².